The van der Waals surface area contributed by atoms with Crippen LogP contribution >= 0.6 is 11.6 Å². The lowest BCUT2D eigenvalue weighted by Gasteiger charge is -2.23. The lowest BCUT2D eigenvalue weighted by atomic mass is 10.2. The number of furan rings is 1. The van der Waals surface area contributed by atoms with Crippen molar-refractivity contribution in [2.24, 2.45) is 0 Å². The van der Waals surface area contributed by atoms with Crippen LogP contribution in [0.1, 0.15) is 16.1 Å². The predicted octanol–water partition coefficient (Wildman–Crippen LogP) is 4.59. The van der Waals surface area contributed by atoms with Crippen molar-refractivity contribution in [1.29, 1.82) is 0 Å². The van der Waals surface area contributed by atoms with Crippen LogP contribution in [0.3, 0.4) is 0 Å². The largest absolute Gasteiger partial charge is 0.467 e. The molecular formula is C22H21ClN2O4S. The maximum atomic E-state index is 13.3. The summed E-state index contributed by atoms with van der Waals surface area (Å²) in [6.45, 7) is 4.00. The Labute approximate surface area is 181 Å². The Morgan fingerprint density at radius 2 is 1.87 bits per heavy atom. The minimum Gasteiger partial charge on any atom is -0.467 e. The number of nitrogens with zero attached hydrogens (tertiary/aromatic N) is 2. The highest BCUT2D eigenvalue weighted by Gasteiger charge is 2.25. The van der Waals surface area contributed by atoms with E-state index in [0.717, 1.165) is 0 Å². The molecule has 0 atom stereocenters. The van der Waals surface area contributed by atoms with E-state index in [9.17, 15) is 13.2 Å². The fourth-order valence-electron chi connectivity index (χ4n) is 2.91. The van der Waals surface area contributed by atoms with Crippen LogP contribution < -0.4 is 4.31 Å². The van der Waals surface area contributed by atoms with Crippen molar-refractivity contribution >= 4 is 33.2 Å². The molecule has 0 bridgehead atoms. The molecule has 0 saturated carbocycles. The average molecular weight is 445 g/mol. The number of carbonyl (C=O) groups excluding carboxylic acids is 1. The molecule has 0 aliphatic carbocycles. The van der Waals surface area contributed by atoms with Gasteiger partial charge in [0.25, 0.3) is 15.9 Å². The van der Waals surface area contributed by atoms with Gasteiger partial charge in [-0.2, -0.15) is 0 Å². The molecule has 1 heterocycles. The van der Waals surface area contributed by atoms with Crippen molar-refractivity contribution < 1.29 is 17.6 Å². The molecule has 0 radical (unpaired) electrons. The Kier molecular flexibility index (Phi) is 6.64. The normalized spacial score (nSPS) is 11.1. The average Bonchev–Trinajstić information content (AvgIpc) is 3.25. The molecule has 0 saturated heterocycles. The van der Waals surface area contributed by atoms with Gasteiger partial charge in [-0.3, -0.25) is 9.10 Å². The molecular weight excluding hydrogens is 424 g/mol. The van der Waals surface area contributed by atoms with Crippen LogP contribution in [0.2, 0.25) is 5.02 Å². The molecule has 0 unspecified atom stereocenters. The van der Waals surface area contributed by atoms with Gasteiger partial charge in [0.2, 0.25) is 0 Å². The van der Waals surface area contributed by atoms with E-state index < -0.39 is 10.0 Å². The summed E-state index contributed by atoms with van der Waals surface area (Å²) in [5.41, 5.74) is 0.714. The van der Waals surface area contributed by atoms with Gasteiger partial charge in [0.05, 0.1) is 29.9 Å². The summed E-state index contributed by atoms with van der Waals surface area (Å²) >= 11 is 5.92. The van der Waals surface area contributed by atoms with Crippen molar-refractivity contribution in [3.63, 3.8) is 0 Å². The van der Waals surface area contributed by atoms with Gasteiger partial charge < -0.3 is 9.32 Å². The zero-order valence-corrected chi connectivity index (χ0v) is 17.9. The topological polar surface area (TPSA) is 70.8 Å². The van der Waals surface area contributed by atoms with Gasteiger partial charge in [-0.15, -0.1) is 6.58 Å². The van der Waals surface area contributed by atoms with Crippen molar-refractivity contribution in [3.05, 3.63) is 95.9 Å². The molecule has 156 valence electrons. The number of rotatable bonds is 8. The van der Waals surface area contributed by atoms with Gasteiger partial charge in [-0.05, 0) is 54.6 Å². The maximum Gasteiger partial charge on any atom is 0.264 e. The quantitative estimate of drug-likeness (QED) is 0.476. The molecule has 3 rings (SSSR count). The third-order valence-corrected chi connectivity index (χ3v) is 6.44. The van der Waals surface area contributed by atoms with E-state index in [1.165, 1.54) is 33.7 Å². The summed E-state index contributed by atoms with van der Waals surface area (Å²) < 4.78 is 33.1. The minimum absolute atomic E-state index is 0.0107. The minimum atomic E-state index is -3.93. The number of carbonyl (C=O) groups is 1. The van der Waals surface area contributed by atoms with Gasteiger partial charge in [0.1, 0.15) is 5.76 Å². The highest BCUT2D eigenvalue weighted by atomic mass is 35.5. The van der Waals surface area contributed by atoms with Crippen LogP contribution in [0.25, 0.3) is 0 Å². The number of amides is 1. The van der Waals surface area contributed by atoms with Gasteiger partial charge in [-0.1, -0.05) is 23.7 Å². The SMILES string of the molecule is C=CCN(c1ccc(Cl)cc1)S(=O)(=O)c1cccc(C(=O)N(C)Cc2ccco2)c1. The predicted molar refractivity (Wildman–Crippen MR) is 117 cm³/mol. The summed E-state index contributed by atoms with van der Waals surface area (Å²) in [5.74, 6) is 0.319. The van der Waals surface area contributed by atoms with E-state index >= 15 is 0 Å². The first-order valence-corrected chi connectivity index (χ1v) is 10.9. The lowest BCUT2D eigenvalue weighted by Crippen LogP contribution is -2.31. The van der Waals surface area contributed by atoms with E-state index in [-0.39, 0.29) is 29.5 Å². The Morgan fingerprint density at radius 1 is 1.13 bits per heavy atom. The molecule has 1 amide bonds. The Balaban J connectivity index is 1.91. The van der Waals surface area contributed by atoms with E-state index in [4.69, 9.17) is 16.0 Å². The molecule has 0 aliphatic rings. The van der Waals surface area contributed by atoms with Crippen LogP contribution in [-0.4, -0.2) is 32.8 Å². The third-order valence-electron chi connectivity index (χ3n) is 4.40. The van der Waals surface area contributed by atoms with E-state index in [0.29, 0.717) is 16.5 Å². The number of sulfonamides is 1. The molecule has 2 aromatic carbocycles. The second-order valence-electron chi connectivity index (χ2n) is 6.57. The van der Waals surface area contributed by atoms with Crippen molar-refractivity contribution in [2.45, 2.75) is 11.4 Å². The van der Waals surface area contributed by atoms with Gasteiger partial charge in [0.15, 0.2) is 0 Å². The first kappa shape index (κ1) is 21.7. The summed E-state index contributed by atoms with van der Waals surface area (Å²) in [7, 11) is -2.30. The number of hydrogen-bond acceptors (Lipinski definition) is 4. The molecule has 1 aromatic heterocycles. The van der Waals surface area contributed by atoms with E-state index in [2.05, 4.69) is 6.58 Å². The smallest absolute Gasteiger partial charge is 0.264 e. The lowest BCUT2D eigenvalue weighted by molar-refractivity contribution is 0.0775. The number of anilines is 1. The molecule has 0 fully saturated rings. The number of hydrogen-bond donors (Lipinski definition) is 0. The summed E-state index contributed by atoms with van der Waals surface area (Å²) in [6.07, 6.45) is 3.03. The standard InChI is InChI=1S/C22H21ClN2O4S/c1-3-13-25(19-11-9-18(23)10-12-19)30(27,28)21-8-4-6-17(15-21)22(26)24(2)16-20-7-5-14-29-20/h3-12,14-15H,1,13,16H2,2H3. The van der Waals surface area contributed by atoms with Crippen LogP contribution in [-0.2, 0) is 16.6 Å². The van der Waals surface area contributed by atoms with Crippen molar-refractivity contribution in [3.8, 4) is 0 Å². The Morgan fingerprint density at radius 3 is 2.50 bits per heavy atom. The zero-order valence-electron chi connectivity index (χ0n) is 16.4. The molecule has 3 aromatic rings. The monoisotopic (exact) mass is 444 g/mol. The number of benzene rings is 2. The molecule has 0 spiro atoms. The third kappa shape index (κ3) is 4.75. The fraction of sp³-hybridized carbons (Fsp3) is 0.136. The molecule has 6 nitrogen and oxygen atoms in total. The van der Waals surface area contributed by atoms with E-state index in [1.807, 2.05) is 0 Å². The highest BCUT2D eigenvalue weighted by Crippen LogP contribution is 2.26. The van der Waals surface area contributed by atoms with Gasteiger partial charge in [0, 0.05) is 17.6 Å². The van der Waals surface area contributed by atoms with Crippen LogP contribution in [0.4, 0.5) is 5.69 Å². The summed E-state index contributed by atoms with van der Waals surface area (Å²) in [6, 6.07) is 16.0. The van der Waals surface area contributed by atoms with E-state index in [1.54, 1.807) is 55.6 Å². The number of halogens is 1. The van der Waals surface area contributed by atoms with Gasteiger partial charge >= 0.3 is 0 Å². The molecule has 8 heteroatoms. The summed E-state index contributed by atoms with van der Waals surface area (Å²) in [4.78, 5) is 14.3. The first-order chi connectivity index (χ1) is 14.3. The van der Waals surface area contributed by atoms with Crippen LogP contribution in [0.5, 0.6) is 0 Å². The zero-order chi connectivity index (χ0) is 21.7. The van der Waals surface area contributed by atoms with Gasteiger partial charge in [-0.25, -0.2) is 8.42 Å². The van der Waals surface area contributed by atoms with Crippen molar-refractivity contribution in [2.75, 3.05) is 17.9 Å². The molecule has 0 N–H and O–H groups in total. The Bertz CT molecular complexity index is 1130. The summed E-state index contributed by atoms with van der Waals surface area (Å²) in [5, 5.41) is 0.502. The molecule has 0 aliphatic heterocycles. The molecule has 30 heavy (non-hydrogen) atoms. The first-order valence-electron chi connectivity index (χ1n) is 9.10. The second-order valence-corrected chi connectivity index (χ2v) is 8.87. The van der Waals surface area contributed by atoms with Crippen molar-refractivity contribution in [1.82, 2.24) is 4.90 Å². The Hall–Kier alpha value is -3.03. The highest BCUT2D eigenvalue weighted by molar-refractivity contribution is 7.92. The van der Waals surface area contributed by atoms with Crippen LogP contribution in [0, 0.1) is 0 Å². The second kappa shape index (κ2) is 9.19. The fourth-order valence-corrected chi connectivity index (χ4v) is 4.52. The van der Waals surface area contributed by atoms with Crippen LogP contribution in [0.15, 0.2) is 88.9 Å². The maximum absolute atomic E-state index is 13.3.